The summed E-state index contributed by atoms with van der Waals surface area (Å²) in [6.07, 6.45) is 1.43. The largest absolute Gasteiger partial charge is 0.459 e. The Morgan fingerprint density at radius 1 is 0.893 bits per heavy atom. The van der Waals surface area contributed by atoms with Gasteiger partial charge in [-0.25, -0.2) is 0 Å². The number of amides is 2. The molecule has 2 heterocycles. The molecule has 0 atom stereocenters. The number of furan rings is 2. The van der Waals surface area contributed by atoms with Crippen molar-refractivity contribution in [1.82, 2.24) is 0 Å². The number of carbonyl (C=O) groups excluding carboxylic acids is 2. The highest BCUT2D eigenvalue weighted by molar-refractivity contribution is 6.35. The van der Waals surface area contributed by atoms with Crippen LogP contribution in [0, 0.1) is 6.92 Å². The maximum absolute atomic E-state index is 12.6. The number of rotatable bonds is 4. The summed E-state index contributed by atoms with van der Waals surface area (Å²) in [5, 5.41) is 6.75. The van der Waals surface area contributed by atoms with Gasteiger partial charge in [0.25, 0.3) is 11.8 Å². The van der Waals surface area contributed by atoms with Crippen LogP contribution in [0.15, 0.2) is 69.7 Å². The van der Waals surface area contributed by atoms with Gasteiger partial charge in [-0.05, 0) is 49.4 Å². The highest BCUT2D eigenvalue weighted by Crippen LogP contribution is 2.31. The maximum Gasteiger partial charge on any atom is 0.291 e. The molecule has 2 aromatic heterocycles. The van der Waals surface area contributed by atoms with E-state index in [1.165, 1.54) is 6.26 Å². The first-order valence-corrected chi connectivity index (χ1v) is 8.84. The second-order valence-electron chi connectivity index (χ2n) is 6.14. The van der Waals surface area contributed by atoms with Gasteiger partial charge < -0.3 is 19.5 Å². The fourth-order valence-corrected chi connectivity index (χ4v) is 3.06. The van der Waals surface area contributed by atoms with E-state index in [-0.39, 0.29) is 23.3 Å². The summed E-state index contributed by atoms with van der Waals surface area (Å²) in [6.45, 7) is 1.81. The van der Waals surface area contributed by atoms with E-state index in [0.29, 0.717) is 22.0 Å². The van der Waals surface area contributed by atoms with E-state index in [9.17, 15) is 9.59 Å². The van der Waals surface area contributed by atoms with Gasteiger partial charge in [0.1, 0.15) is 0 Å². The Morgan fingerprint density at radius 2 is 1.57 bits per heavy atom. The Bertz CT molecular complexity index is 1160. The van der Waals surface area contributed by atoms with Gasteiger partial charge in [-0.3, -0.25) is 9.59 Å². The summed E-state index contributed by atoms with van der Waals surface area (Å²) in [4.78, 5) is 24.6. The molecule has 4 aromatic rings. The molecule has 7 heteroatoms. The maximum atomic E-state index is 12.6. The van der Waals surface area contributed by atoms with Crippen molar-refractivity contribution in [3.05, 3.63) is 83.0 Å². The first-order chi connectivity index (χ1) is 13.5. The number of fused-ring (bicyclic) bond motifs is 1. The molecule has 2 amide bonds. The van der Waals surface area contributed by atoms with Crippen molar-refractivity contribution in [1.29, 1.82) is 0 Å². The SMILES string of the molecule is Cc1c(C(=O)Nc2ccc(NC(=O)c3ccco3)cc2)oc2c(Cl)cccc12. The van der Waals surface area contributed by atoms with Gasteiger partial charge in [-0.15, -0.1) is 0 Å². The zero-order valence-corrected chi connectivity index (χ0v) is 15.5. The Kier molecular flexibility index (Phi) is 4.63. The third-order valence-electron chi connectivity index (χ3n) is 4.27. The molecule has 0 fully saturated rings. The van der Waals surface area contributed by atoms with E-state index in [1.54, 1.807) is 42.5 Å². The lowest BCUT2D eigenvalue weighted by molar-refractivity contribution is 0.0989. The number of hydrogen-bond acceptors (Lipinski definition) is 4. The van der Waals surface area contributed by atoms with E-state index >= 15 is 0 Å². The van der Waals surface area contributed by atoms with Crippen molar-refractivity contribution in [3.8, 4) is 0 Å². The average molecular weight is 395 g/mol. The van der Waals surface area contributed by atoms with Gasteiger partial charge >= 0.3 is 0 Å². The number of para-hydroxylation sites is 1. The predicted molar refractivity (Wildman–Crippen MR) is 107 cm³/mol. The van der Waals surface area contributed by atoms with Crippen molar-refractivity contribution in [3.63, 3.8) is 0 Å². The minimum atomic E-state index is -0.378. The van der Waals surface area contributed by atoms with Gasteiger partial charge in [0.15, 0.2) is 17.1 Å². The van der Waals surface area contributed by atoms with Crippen LogP contribution in [-0.4, -0.2) is 11.8 Å². The molecule has 0 saturated carbocycles. The fourth-order valence-electron chi connectivity index (χ4n) is 2.85. The molecule has 0 aliphatic carbocycles. The molecule has 0 saturated heterocycles. The molecule has 0 bridgehead atoms. The Labute approximate surface area is 165 Å². The van der Waals surface area contributed by atoms with Crippen LogP contribution in [0.3, 0.4) is 0 Å². The second kappa shape index (κ2) is 7.25. The number of aryl methyl sites for hydroxylation is 1. The normalized spacial score (nSPS) is 10.8. The van der Waals surface area contributed by atoms with E-state index in [2.05, 4.69) is 10.6 Å². The smallest absolute Gasteiger partial charge is 0.291 e. The molecular formula is C21H15ClN2O4. The molecular weight excluding hydrogens is 380 g/mol. The molecule has 6 nitrogen and oxygen atoms in total. The topological polar surface area (TPSA) is 84.5 Å². The van der Waals surface area contributed by atoms with Crippen LogP contribution < -0.4 is 10.6 Å². The van der Waals surface area contributed by atoms with Crippen LogP contribution in [0.5, 0.6) is 0 Å². The third-order valence-corrected chi connectivity index (χ3v) is 4.57. The molecule has 28 heavy (non-hydrogen) atoms. The second-order valence-corrected chi connectivity index (χ2v) is 6.54. The summed E-state index contributed by atoms with van der Waals surface area (Å²) < 4.78 is 10.7. The molecule has 0 aliphatic heterocycles. The summed E-state index contributed by atoms with van der Waals surface area (Å²) in [7, 11) is 0. The molecule has 0 unspecified atom stereocenters. The molecule has 2 N–H and O–H groups in total. The number of carbonyl (C=O) groups is 2. The van der Waals surface area contributed by atoms with Crippen LogP contribution >= 0.6 is 11.6 Å². The number of hydrogen-bond donors (Lipinski definition) is 2. The van der Waals surface area contributed by atoms with Gasteiger partial charge in [-0.1, -0.05) is 23.7 Å². The van der Waals surface area contributed by atoms with Crippen molar-refractivity contribution in [2.24, 2.45) is 0 Å². The quantitative estimate of drug-likeness (QED) is 0.479. The monoisotopic (exact) mass is 394 g/mol. The fraction of sp³-hybridized carbons (Fsp3) is 0.0476. The van der Waals surface area contributed by atoms with Gasteiger partial charge in [0.2, 0.25) is 0 Å². The van der Waals surface area contributed by atoms with Gasteiger partial charge in [0, 0.05) is 22.3 Å². The highest BCUT2D eigenvalue weighted by Gasteiger charge is 2.19. The minimum absolute atomic E-state index is 0.207. The zero-order chi connectivity index (χ0) is 19.7. The van der Waals surface area contributed by atoms with E-state index < -0.39 is 0 Å². The molecule has 0 aliphatic rings. The Balaban J connectivity index is 1.49. The summed E-state index contributed by atoms with van der Waals surface area (Å²) >= 11 is 6.14. The van der Waals surface area contributed by atoms with E-state index in [1.807, 2.05) is 19.1 Å². The molecule has 0 spiro atoms. The van der Waals surface area contributed by atoms with Crippen LogP contribution in [0.1, 0.15) is 26.7 Å². The summed E-state index contributed by atoms with van der Waals surface area (Å²) in [5.41, 5.74) is 2.35. The van der Waals surface area contributed by atoms with Crippen LogP contribution in [0.4, 0.5) is 11.4 Å². The highest BCUT2D eigenvalue weighted by atomic mass is 35.5. The predicted octanol–water partition coefficient (Wildman–Crippen LogP) is 5.49. The lowest BCUT2D eigenvalue weighted by Crippen LogP contribution is -2.13. The minimum Gasteiger partial charge on any atom is -0.459 e. The first-order valence-electron chi connectivity index (χ1n) is 8.47. The number of anilines is 2. The Hall–Kier alpha value is -3.51. The van der Waals surface area contributed by atoms with E-state index in [4.69, 9.17) is 20.4 Å². The third kappa shape index (κ3) is 3.37. The molecule has 2 aromatic carbocycles. The molecule has 0 radical (unpaired) electrons. The van der Waals surface area contributed by atoms with Crippen LogP contribution in [0.25, 0.3) is 11.0 Å². The lowest BCUT2D eigenvalue weighted by Gasteiger charge is -2.06. The summed E-state index contributed by atoms with van der Waals surface area (Å²) in [6, 6.07) is 15.3. The average Bonchev–Trinajstić information content (AvgIpc) is 3.33. The van der Waals surface area contributed by atoms with Gasteiger partial charge in [-0.2, -0.15) is 0 Å². The van der Waals surface area contributed by atoms with Crippen molar-refractivity contribution < 1.29 is 18.4 Å². The molecule has 4 rings (SSSR count). The standard InChI is InChI=1S/C21H15ClN2O4/c1-12-15-4-2-5-16(22)19(15)28-18(12)21(26)24-14-9-7-13(8-10-14)23-20(25)17-6-3-11-27-17/h2-11H,1H3,(H,23,25)(H,24,26). The number of halogens is 1. The van der Waals surface area contributed by atoms with Crippen LogP contribution in [-0.2, 0) is 0 Å². The van der Waals surface area contributed by atoms with E-state index in [0.717, 1.165) is 10.9 Å². The van der Waals surface area contributed by atoms with Crippen LogP contribution in [0.2, 0.25) is 5.02 Å². The first kappa shape index (κ1) is 17.9. The number of nitrogens with one attached hydrogen (secondary N) is 2. The van der Waals surface area contributed by atoms with Crippen molar-refractivity contribution in [2.45, 2.75) is 6.92 Å². The van der Waals surface area contributed by atoms with Gasteiger partial charge in [0.05, 0.1) is 11.3 Å². The summed E-state index contributed by atoms with van der Waals surface area (Å²) in [5.74, 6) is -0.302. The number of benzene rings is 2. The lowest BCUT2D eigenvalue weighted by atomic mass is 10.1. The molecule has 140 valence electrons. The zero-order valence-electron chi connectivity index (χ0n) is 14.8. The van der Waals surface area contributed by atoms with Crippen molar-refractivity contribution in [2.75, 3.05) is 10.6 Å². The van der Waals surface area contributed by atoms with Crippen molar-refractivity contribution >= 4 is 45.8 Å². The Morgan fingerprint density at radius 3 is 2.18 bits per heavy atom.